The summed E-state index contributed by atoms with van der Waals surface area (Å²) < 4.78 is 1.14. The van der Waals surface area contributed by atoms with Gasteiger partial charge in [-0.1, -0.05) is 28.1 Å². The molecule has 0 unspecified atom stereocenters. The standard InChI is InChI=1S/C20H34BrN5/c1-20(2,25(4)5)15-23-19(22-3)24-18-10-12-26(13-11-18)14-16-6-8-17(21)9-7-16/h6-9,18H,10-15H2,1-5H3,(H2,22,23,24). The van der Waals surface area contributed by atoms with Gasteiger partial charge >= 0.3 is 0 Å². The molecular weight excluding hydrogens is 390 g/mol. The van der Waals surface area contributed by atoms with Crippen molar-refractivity contribution >= 4 is 21.9 Å². The van der Waals surface area contributed by atoms with Gasteiger partial charge in [0.25, 0.3) is 0 Å². The molecule has 146 valence electrons. The third-order valence-corrected chi connectivity index (χ3v) is 5.90. The number of guanidine groups is 1. The van der Waals surface area contributed by atoms with Crippen molar-refractivity contribution in [1.29, 1.82) is 0 Å². The average molecular weight is 424 g/mol. The Balaban J connectivity index is 1.75. The van der Waals surface area contributed by atoms with E-state index in [9.17, 15) is 0 Å². The fourth-order valence-electron chi connectivity index (χ4n) is 2.93. The molecule has 2 N–H and O–H groups in total. The number of nitrogens with one attached hydrogen (secondary N) is 2. The van der Waals surface area contributed by atoms with Gasteiger partial charge in [-0.25, -0.2) is 0 Å². The van der Waals surface area contributed by atoms with Crippen molar-refractivity contribution in [2.24, 2.45) is 4.99 Å². The Hall–Kier alpha value is -1.11. The van der Waals surface area contributed by atoms with Gasteiger partial charge in [-0.2, -0.15) is 0 Å². The molecule has 0 spiro atoms. The Bertz CT molecular complexity index is 574. The van der Waals surface area contributed by atoms with Gasteiger partial charge in [0, 0.05) is 49.3 Å². The van der Waals surface area contributed by atoms with E-state index in [0.29, 0.717) is 6.04 Å². The van der Waals surface area contributed by atoms with E-state index in [4.69, 9.17) is 0 Å². The van der Waals surface area contributed by atoms with E-state index < -0.39 is 0 Å². The number of hydrogen-bond donors (Lipinski definition) is 2. The van der Waals surface area contributed by atoms with Crippen molar-refractivity contribution in [2.75, 3.05) is 40.8 Å². The van der Waals surface area contributed by atoms with E-state index >= 15 is 0 Å². The van der Waals surface area contributed by atoms with Gasteiger partial charge in [-0.05, 0) is 58.5 Å². The van der Waals surface area contributed by atoms with Crippen molar-refractivity contribution in [3.8, 4) is 0 Å². The van der Waals surface area contributed by atoms with Crippen molar-refractivity contribution < 1.29 is 0 Å². The maximum Gasteiger partial charge on any atom is 0.191 e. The second kappa shape index (κ2) is 9.72. The molecule has 0 radical (unpaired) electrons. The zero-order valence-electron chi connectivity index (χ0n) is 16.8. The Morgan fingerprint density at radius 3 is 2.38 bits per heavy atom. The Morgan fingerprint density at radius 1 is 1.23 bits per heavy atom. The molecule has 0 saturated carbocycles. The molecule has 1 heterocycles. The first kappa shape index (κ1) is 21.2. The number of hydrogen-bond acceptors (Lipinski definition) is 3. The van der Waals surface area contributed by atoms with Crippen molar-refractivity contribution in [2.45, 2.75) is 44.8 Å². The highest BCUT2D eigenvalue weighted by atomic mass is 79.9. The average Bonchev–Trinajstić information content (AvgIpc) is 2.62. The Morgan fingerprint density at radius 2 is 1.85 bits per heavy atom. The largest absolute Gasteiger partial charge is 0.355 e. The molecule has 0 atom stereocenters. The summed E-state index contributed by atoms with van der Waals surface area (Å²) in [4.78, 5) is 9.16. The second-order valence-electron chi connectivity index (χ2n) is 7.95. The van der Waals surface area contributed by atoms with E-state index in [-0.39, 0.29) is 5.54 Å². The first-order valence-electron chi connectivity index (χ1n) is 9.41. The molecule has 5 nitrogen and oxygen atoms in total. The highest BCUT2D eigenvalue weighted by molar-refractivity contribution is 9.10. The van der Waals surface area contributed by atoms with Crippen LogP contribution in [0.15, 0.2) is 33.7 Å². The van der Waals surface area contributed by atoms with Gasteiger partial charge in [0.15, 0.2) is 5.96 Å². The van der Waals surface area contributed by atoms with Gasteiger partial charge in [0.05, 0.1) is 0 Å². The van der Waals surface area contributed by atoms with E-state index in [1.54, 1.807) is 0 Å². The lowest BCUT2D eigenvalue weighted by Gasteiger charge is -2.35. The fourth-order valence-corrected chi connectivity index (χ4v) is 3.19. The predicted molar refractivity (Wildman–Crippen MR) is 115 cm³/mol. The first-order chi connectivity index (χ1) is 12.3. The van der Waals surface area contributed by atoms with Crippen LogP contribution in [0.3, 0.4) is 0 Å². The van der Waals surface area contributed by atoms with Gasteiger partial charge in [-0.3, -0.25) is 9.89 Å². The smallest absolute Gasteiger partial charge is 0.191 e. The molecule has 1 aromatic rings. The highest BCUT2D eigenvalue weighted by Crippen LogP contribution is 2.16. The summed E-state index contributed by atoms with van der Waals surface area (Å²) >= 11 is 3.50. The number of likely N-dealkylation sites (N-methyl/N-ethyl adjacent to an activating group) is 1. The molecule has 1 aliphatic heterocycles. The van der Waals surface area contributed by atoms with Gasteiger partial charge in [0.2, 0.25) is 0 Å². The molecule has 0 aromatic heterocycles. The summed E-state index contributed by atoms with van der Waals surface area (Å²) in [5.41, 5.74) is 1.47. The number of aliphatic imine (C=N–C) groups is 1. The van der Waals surface area contributed by atoms with Crippen LogP contribution >= 0.6 is 15.9 Å². The zero-order valence-corrected chi connectivity index (χ0v) is 18.4. The van der Waals surface area contributed by atoms with Gasteiger partial charge < -0.3 is 15.5 Å². The summed E-state index contributed by atoms with van der Waals surface area (Å²) in [6.45, 7) is 8.59. The monoisotopic (exact) mass is 423 g/mol. The summed E-state index contributed by atoms with van der Waals surface area (Å²) in [6, 6.07) is 9.13. The van der Waals surface area contributed by atoms with E-state index in [0.717, 1.165) is 49.5 Å². The zero-order chi connectivity index (χ0) is 19.2. The molecule has 2 rings (SSSR count). The number of rotatable bonds is 6. The molecule has 0 amide bonds. The third-order valence-electron chi connectivity index (χ3n) is 5.37. The molecule has 6 heteroatoms. The fraction of sp³-hybridized carbons (Fsp3) is 0.650. The van der Waals surface area contributed by atoms with Crippen molar-refractivity contribution in [3.63, 3.8) is 0 Å². The molecule has 26 heavy (non-hydrogen) atoms. The minimum atomic E-state index is 0.0890. The lowest BCUT2D eigenvalue weighted by atomic mass is 10.0. The summed E-state index contributed by atoms with van der Waals surface area (Å²) in [5.74, 6) is 0.909. The molecule has 1 aromatic carbocycles. The number of piperidine rings is 1. The van der Waals surface area contributed by atoms with Crippen molar-refractivity contribution in [1.82, 2.24) is 20.4 Å². The maximum absolute atomic E-state index is 4.40. The molecule has 1 saturated heterocycles. The number of nitrogens with zero attached hydrogens (tertiary/aromatic N) is 3. The Kier molecular flexibility index (Phi) is 7.92. The SMILES string of the molecule is CN=C(NCC(C)(C)N(C)C)NC1CCN(Cc2ccc(Br)cc2)CC1. The first-order valence-corrected chi connectivity index (χ1v) is 10.2. The molecular formula is C20H34BrN5. The predicted octanol–water partition coefficient (Wildman–Crippen LogP) is 2.92. The molecule has 1 aliphatic rings. The van der Waals surface area contributed by atoms with Crippen LogP contribution in [0.25, 0.3) is 0 Å². The summed E-state index contributed by atoms with van der Waals surface area (Å²) in [7, 11) is 6.07. The highest BCUT2D eigenvalue weighted by Gasteiger charge is 2.23. The van der Waals surface area contributed by atoms with Crippen LogP contribution in [-0.4, -0.2) is 68.1 Å². The van der Waals surface area contributed by atoms with Crippen LogP contribution in [0.2, 0.25) is 0 Å². The van der Waals surface area contributed by atoms with E-state index in [1.165, 1.54) is 5.56 Å². The van der Waals surface area contributed by atoms with Crippen LogP contribution in [-0.2, 0) is 6.54 Å². The van der Waals surface area contributed by atoms with Crippen LogP contribution < -0.4 is 10.6 Å². The topological polar surface area (TPSA) is 42.9 Å². The van der Waals surface area contributed by atoms with Gasteiger partial charge in [-0.15, -0.1) is 0 Å². The van der Waals surface area contributed by atoms with Gasteiger partial charge in [0.1, 0.15) is 0 Å². The maximum atomic E-state index is 4.40. The van der Waals surface area contributed by atoms with E-state index in [2.05, 4.69) is 93.6 Å². The van der Waals surface area contributed by atoms with Crippen LogP contribution in [0.1, 0.15) is 32.3 Å². The molecule has 0 bridgehead atoms. The summed E-state index contributed by atoms with van der Waals surface area (Å²) in [6.07, 6.45) is 2.29. The molecule has 0 aliphatic carbocycles. The van der Waals surface area contributed by atoms with Crippen LogP contribution in [0.4, 0.5) is 0 Å². The van der Waals surface area contributed by atoms with Crippen molar-refractivity contribution in [3.05, 3.63) is 34.3 Å². The van der Waals surface area contributed by atoms with E-state index in [1.807, 2.05) is 7.05 Å². The number of benzene rings is 1. The minimum Gasteiger partial charge on any atom is -0.355 e. The number of halogens is 1. The lowest BCUT2D eigenvalue weighted by molar-refractivity contribution is 0.192. The molecule has 1 fully saturated rings. The number of likely N-dealkylation sites (tertiary alicyclic amines) is 1. The third kappa shape index (κ3) is 6.56. The Labute approximate surface area is 167 Å². The summed E-state index contributed by atoms with van der Waals surface area (Å²) in [5, 5.41) is 7.07. The van der Waals surface area contributed by atoms with Crippen LogP contribution in [0, 0.1) is 0 Å². The minimum absolute atomic E-state index is 0.0890. The van der Waals surface area contributed by atoms with Crippen LogP contribution in [0.5, 0.6) is 0 Å². The quantitative estimate of drug-likeness (QED) is 0.545. The lowest BCUT2D eigenvalue weighted by Crippen LogP contribution is -2.53. The second-order valence-corrected chi connectivity index (χ2v) is 8.87. The normalized spacial score (nSPS) is 17.6.